The first-order valence-corrected chi connectivity index (χ1v) is 6.50. The molecule has 0 bridgehead atoms. The number of rotatable bonds is 4. The number of benzene rings is 1. The number of para-hydroxylation sites is 1. The van der Waals surface area contributed by atoms with Crippen LogP contribution in [-0.4, -0.2) is 11.9 Å². The third-order valence-electron chi connectivity index (χ3n) is 3.20. The zero-order valence-corrected chi connectivity index (χ0v) is 11.9. The Morgan fingerprint density at radius 3 is 2.33 bits per heavy atom. The maximum absolute atomic E-state index is 12.0. The summed E-state index contributed by atoms with van der Waals surface area (Å²) in [4.78, 5) is 12.0. The van der Waals surface area contributed by atoms with Gasteiger partial charge in [0.1, 0.15) is 0 Å². The number of aryl methyl sites for hydroxylation is 1. The SMILES string of the molecule is Cc1cccc(C(C)C)c1NC(=O)[C@@H](N)C(C)C. The van der Waals surface area contributed by atoms with Gasteiger partial charge in [0, 0.05) is 5.69 Å². The van der Waals surface area contributed by atoms with E-state index < -0.39 is 6.04 Å². The summed E-state index contributed by atoms with van der Waals surface area (Å²) < 4.78 is 0. The first-order valence-electron chi connectivity index (χ1n) is 6.50. The molecule has 0 aliphatic heterocycles. The summed E-state index contributed by atoms with van der Waals surface area (Å²) in [6.45, 7) is 10.1. The van der Waals surface area contributed by atoms with Crippen molar-refractivity contribution in [3.8, 4) is 0 Å². The minimum absolute atomic E-state index is 0.110. The quantitative estimate of drug-likeness (QED) is 0.860. The van der Waals surface area contributed by atoms with Crippen molar-refractivity contribution in [3.05, 3.63) is 29.3 Å². The van der Waals surface area contributed by atoms with Gasteiger partial charge in [-0.1, -0.05) is 45.9 Å². The zero-order valence-electron chi connectivity index (χ0n) is 11.9. The summed E-state index contributed by atoms with van der Waals surface area (Å²) in [6, 6.07) is 5.60. The van der Waals surface area contributed by atoms with Crippen LogP contribution in [0.4, 0.5) is 5.69 Å². The van der Waals surface area contributed by atoms with E-state index in [0.29, 0.717) is 5.92 Å². The molecular weight excluding hydrogens is 224 g/mol. The van der Waals surface area contributed by atoms with Crippen LogP contribution in [0.25, 0.3) is 0 Å². The zero-order chi connectivity index (χ0) is 13.9. The first kappa shape index (κ1) is 14.7. The predicted octanol–water partition coefficient (Wildman–Crippen LogP) is 3.04. The van der Waals surface area contributed by atoms with Crippen molar-refractivity contribution in [1.29, 1.82) is 0 Å². The van der Waals surface area contributed by atoms with Gasteiger partial charge in [0.15, 0.2) is 0 Å². The van der Waals surface area contributed by atoms with Crippen LogP contribution in [0.1, 0.15) is 44.7 Å². The molecule has 0 unspecified atom stereocenters. The van der Waals surface area contributed by atoms with Crippen LogP contribution in [0.3, 0.4) is 0 Å². The van der Waals surface area contributed by atoms with Crippen LogP contribution in [0.15, 0.2) is 18.2 Å². The van der Waals surface area contributed by atoms with Crippen molar-refractivity contribution in [1.82, 2.24) is 0 Å². The Balaban J connectivity index is 3.00. The molecule has 0 aliphatic rings. The molecule has 0 aliphatic carbocycles. The smallest absolute Gasteiger partial charge is 0.241 e. The third kappa shape index (κ3) is 3.33. The van der Waals surface area contributed by atoms with Gasteiger partial charge in [0.25, 0.3) is 0 Å². The van der Waals surface area contributed by atoms with Gasteiger partial charge in [-0.15, -0.1) is 0 Å². The van der Waals surface area contributed by atoms with Crippen molar-refractivity contribution in [2.75, 3.05) is 5.32 Å². The van der Waals surface area contributed by atoms with Crippen molar-refractivity contribution in [2.24, 2.45) is 11.7 Å². The van der Waals surface area contributed by atoms with Crippen molar-refractivity contribution in [2.45, 2.75) is 46.6 Å². The van der Waals surface area contributed by atoms with Gasteiger partial charge in [-0.25, -0.2) is 0 Å². The van der Waals surface area contributed by atoms with E-state index in [4.69, 9.17) is 5.73 Å². The van der Waals surface area contributed by atoms with Crippen LogP contribution in [0.5, 0.6) is 0 Å². The molecule has 3 heteroatoms. The predicted molar refractivity (Wildman–Crippen MR) is 76.7 cm³/mol. The van der Waals surface area contributed by atoms with E-state index in [1.807, 2.05) is 39.0 Å². The van der Waals surface area contributed by atoms with E-state index in [1.165, 1.54) is 0 Å². The second-order valence-electron chi connectivity index (χ2n) is 5.45. The van der Waals surface area contributed by atoms with Crippen molar-refractivity contribution < 1.29 is 4.79 Å². The lowest BCUT2D eigenvalue weighted by molar-refractivity contribution is -0.118. The number of nitrogens with two attached hydrogens (primary N) is 1. The van der Waals surface area contributed by atoms with Gasteiger partial charge >= 0.3 is 0 Å². The molecular formula is C15H24N2O. The molecule has 1 amide bonds. The molecule has 18 heavy (non-hydrogen) atoms. The highest BCUT2D eigenvalue weighted by atomic mass is 16.2. The molecule has 0 heterocycles. The fourth-order valence-corrected chi connectivity index (χ4v) is 1.85. The maximum Gasteiger partial charge on any atom is 0.241 e. The molecule has 1 aromatic carbocycles. The molecule has 0 spiro atoms. The highest BCUT2D eigenvalue weighted by Crippen LogP contribution is 2.27. The summed E-state index contributed by atoms with van der Waals surface area (Å²) in [5.74, 6) is 0.396. The Morgan fingerprint density at radius 1 is 1.22 bits per heavy atom. The van der Waals surface area contributed by atoms with E-state index in [2.05, 4.69) is 19.2 Å². The highest BCUT2D eigenvalue weighted by molar-refractivity contribution is 5.96. The molecule has 0 aromatic heterocycles. The largest absolute Gasteiger partial charge is 0.324 e. The van der Waals surface area contributed by atoms with Crippen molar-refractivity contribution in [3.63, 3.8) is 0 Å². The Bertz CT molecular complexity index is 425. The van der Waals surface area contributed by atoms with Gasteiger partial charge in [-0.3, -0.25) is 4.79 Å². The number of carbonyl (C=O) groups is 1. The minimum atomic E-state index is -0.468. The number of hydrogen-bond acceptors (Lipinski definition) is 2. The Kier molecular flexibility index (Phi) is 4.91. The van der Waals surface area contributed by atoms with Gasteiger partial charge in [0.2, 0.25) is 5.91 Å². The molecule has 3 N–H and O–H groups in total. The fourth-order valence-electron chi connectivity index (χ4n) is 1.85. The van der Waals surface area contributed by atoms with E-state index in [-0.39, 0.29) is 11.8 Å². The average Bonchev–Trinajstić information content (AvgIpc) is 2.30. The molecule has 3 nitrogen and oxygen atoms in total. The number of carbonyl (C=O) groups excluding carboxylic acids is 1. The topological polar surface area (TPSA) is 55.1 Å². The molecule has 0 fully saturated rings. The summed E-state index contributed by atoms with van der Waals surface area (Å²) in [6.07, 6.45) is 0. The maximum atomic E-state index is 12.0. The normalized spacial score (nSPS) is 12.9. The van der Waals surface area contributed by atoms with E-state index in [0.717, 1.165) is 16.8 Å². The first-order chi connectivity index (χ1) is 8.34. The minimum Gasteiger partial charge on any atom is -0.324 e. The lowest BCUT2D eigenvalue weighted by atomic mass is 9.97. The lowest BCUT2D eigenvalue weighted by Gasteiger charge is -2.20. The lowest BCUT2D eigenvalue weighted by Crippen LogP contribution is -2.40. The highest BCUT2D eigenvalue weighted by Gasteiger charge is 2.19. The Labute approximate surface area is 110 Å². The summed E-state index contributed by atoms with van der Waals surface area (Å²) in [7, 11) is 0. The number of amides is 1. The number of anilines is 1. The van der Waals surface area contributed by atoms with E-state index >= 15 is 0 Å². The van der Waals surface area contributed by atoms with Crippen molar-refractivity contribution >= 4 is 11.6 Å². The van der Waals surface area contributed by atoms with Gasteiger partial charge < -0.3 is 11.1 Å². The van der Waals surface area contributed by atoms with E-state index in [9.17, 15) is 4.79 Å². The Morgan fingerprint density at radius 2 is 1.83 bits per heavy atom. The van der Waals surface area contributed by atoms with Crippen LogP contribution >= 0.6 is 0 Å². The molecule has 1 rings (SSSR count). The second kappa shape index (κ2) is 6.01. The summed E-state index contributed by atoms with van der Waals surface area (Å²) in [5, 5.41) is 2.98. The van der Waals surface area contributed by atoms with Gasteiger partial charge in [-0.05, 0) is 29.9 Å². The third-order valence-corrected chi connectivity index (χ3v) is 3.20. The molecule has 1 aromatic rings. The van der Waals surface area contributed by atoms with E-state index in [1.54, 1.807) is 0 Å². The number of nitrogens with one attached hydrogen (secondary N) is 1. The van der Waals surface area contributed by atoms with Crippen LogP contribution < -0.4 is 11.1 Å². The van der Waals surface area contributed by atoms with Crippen LogP contribution in [0.2, 0.25) is 0 Å². The molecule has 0 saturated carbocycles. The molecule has 0 radical (unpaired) electrons. The molecule has 1 atom stereocenters. The van der Waals surface area contributed by atoms with Crippen LogP contribution in [0, 0.1) is 12.8 Å². The molecule has 100 valence electrons. The standard InChI is InChI=1S/C15H24N2O/c1-9(2)12-8-6-7-11(5)14(12)17-15(18)13(16)10(3)4/h6-10,13H,16H2,1-5H3,(H,17,18)/t13-/m0/s1. The summed E-state index contributed by atoms with van der Waals surface area (Å²) in [5.41, 5.74) is 9.01. The van der Waals surface area contributed by atoms with Gasteiger partial charge in [0.05, 0.1) is 6.04 Å². The average molecular weight is 248 g/mol. The van der Waals surface area contributed by atoms with Gasteiger partial charge in [-0.2, -0.15) is 0 Å². The molecule has 0 saturated heterocycles. The van der Waals surface area contributed by atoms with Crippen LogP contribution in [-0.2, 0) is 4.79 Å². The monoisotopic (exact) mass is 248 g/mol. The summed E-state index contributed by atoms with van der Waals surface area (Å²) >= 11 is 0. The Hall–Kier alpha value is -1.35. The number of hydrogen-bond donors (Lipinski definition) is 2. The second-order valence-corrected chi connectivity index (χ2v) is 5.45. The fraction of sp³-hybridized carbons (Fsp3) is 0.533.